The van der Waals surface area contributed by atoms with Gasteiger partial charge in [-0.05, 0) is 22.1 Å². The van der Waals surface area contributed by atoms with Crippen LogP contribution >= 0.6 is 0 Å². The molecule has 0 spiro atoms. The van der Waals surface area contributed by atoms with Crippen molar-refractivity contribution in [1.82, 2.24) is 0 Å². The van der Waals surface area contributed by atoms with Crippen molar-refractivity contribution >= 4 is 20.5 Å². The summed E-state index contributed by atoms with van der Waals surface area (Å²) in [5.41, 5.74) is 2.72. The van der Waals surface area contributed by atoms with E-state index in [-0.39, 0.29) is 5.04 Å². The molecule has 1 aromatic carbocycles. The zero-order valence-electron chi connectivity index (χ0n) is 9.09. The highest BCUT2D eigenvalue weighted by atomic mass is 28.1. The van der Waals surface area contributed by atoms with Crippen LogP contribution in [0.1, 0.15) is 37.8 Å². The average Bonchev–Trinajstić information content (AvgIpc) is 2.15. The Labute approximate surface area is 94.0 Å². The summed E-state index contributed by atoms with van der Waals surface area (Å²) in [6.45, 7) is 6.56. The first-order valence-electron chi connectivity index (χ1n) is 4.95. The first-order chi connectivity index (χ1) is 6.45. The van der Waals surface area contributed by atoms with Crippen molar-refractivity contribution in [2.45, 2.75) is 37.8 Å². The smallest absolute Gasteiger partial charge is 0.0370 e. The fourth-order valence-electron chi connectivity index (χ4n) is 1.35. The molecular weight excluding hydrogens is 200 g/mol. The Morgan fingerprint density at radius 3 is 2.50 bits per heavy atom. The van der Waals surface area contributed by atoms with Gasteiger partial charge < -0.3 is 0 Å². The summed E-state index contributed by atoms with van der Waals surface area (Å²) in [4.78, 5) is 0. The predicted molar refractivity (Wildman–Crippen MR) is 64.2 cm³/mol. The van der Waals surface area contributed by atoms with E-state index in [0.29, 0.717) is 5.92 Å². The van der Waals surface area contributed by atoms with Crippen LogP contribution in [-0.4, -0.2) is 20.5 Å². The van der Waals surface area contributed by atoms with Crippen molar-refractivity contribution < 1.29 is 0 Å². The summed E-state index contributed by atoms with van der Waals surface area (Å²) in [6.07, 6.45) is 0. The molecule has 0 bridgehead atoms. The SMILES string of the molecule is CC(C[Si])c1cccc(C(C)(C)[Si])c1. The maximum absolute atomic E-state index is 3.73. The van der Waals surface area contributed by atoms with Crippen LogP contribution in [0.2, 0.25) is 6.04 Å². The van der Waals surface area contributed by atoms with Crippen LogP contribution < -0.4 is 0 Å². The van der Waals surface area contributed by atoms with Gasteiger partial charge in [0.1, 0.15) is 0 Å². The topological polar surface area (TPSA) is 0 Å². The monoisotopic (exact) mass is 216 g/mol. The standard InChI is InChI=1S/C12H16Si2/c1-9(8-13)10-5-4-6-11(7-10)12(2,3)14/h4-7,9H,8H2,1-3H3. The lowest BCUT2D eigenvalue weighted by atomic mass is 9.95. The molecule has 1 rings (SSSR count). The highest BCUT2D eigenvalue weighted by Gasteiger charge is 2.14. The molecule has 6 radical (unpaired) electrons. The molecule has 1 atom stereocenters. The Morgan fingerprint density at radius 2 is 2.00 bits per heavy atom. The minimum absolute atomic E-state index is 0.0570. The summed E-state index contributed by atoms with van der Waals surface area (Å²) in [7, 11) is 7.29. The summed E-state index contributed by atoms with van der Waals surface area (Å²) < 4.78 is 0. The molecule has 0 aliphatic heterocycles. The Balaban J connectivity index is 3.01. The summed E-state index contributed by atoms with van der Waals surface area (Å²) >= 11 is 0. The van der Waals surface area contributed by atoms with Crippen LogP contribution in [0.3, 0.4) is 0 Å². The fraction of sp³-hybridized carbons (Fsp3) is 0.500. The Hall–Kier alpha value is -0.346. The molecular formula is C12H16Si2. The minimum atomic E-state index is 0.0570. The van der Waals surface area contributed by atoms with Crippen molar-refractivity contribution in [3.8, 4) is 0 Å². The number of hydrogen-bond acceptors (Lipinski definition) is 0. The predicted octanol–water partition coefficient (Wildman–Crippen LogP) is 2.78. The van der Waals surface area contributed by atoms with Gasteiger partial charge in [0.2, 0.25) is 0 Å². The van der Waals surface area contributed by atoms with Crippen molar-refractivity contribution in [1.29, 1.82) is 0 Å². The molecule has 0 amide bonds. The molecule has 0 nitrogen and oxygen atoms in total. The molecule has 0 aromatic heterocycles. The van der Waals surface area contributed by atoms with Crippen molar-refractivity contribution in [3.05, 3.63) is 35.4 Å². The van der Waals surface area contributed by atoms with E-state index >= 15 is 0 Å². The third kappa shape index (κ3) is 2.82. The molecule has 72 valence electrons. The van der Waals surface area contributed by atoms with Crippen molar-refractivity contribution in [2.24, 2.45) is 0 Å². The molecule has 0 aliphatic carbocycles. The van der Waals surface area contributed by atoms with Crippen LogP contribution in [0.15, 0.2) is 24.3 Å². The van der Waals surface area contributed by atoms with Gasteiger partial charge in [-0.15, -0.1) is 0 Å². The van der Waals surface area contributed by atoms with E-state index in [2.05, 4.69) is 65.5 Å². The van der Waals surface area contributed by atoms with E-state index < -0.39 is 0 Å². The lowest BCUT2D eigenvalue weighted by Crippen LogP contribution is -2.16. The first-order valence-corrected chi connectivity index (χ1v) is 6.16. The Kier molecular flexibility index (Phi) is 3.73. The van der Waals surface area contributed by atoms with Gasteiger partial charge in [0.15, 0.2) is 0 Å². The van der Waals surface area contributed by atoms with E-state index in [0.717, 1.165) is 6.04 Å². The number of benzene rings is 1. The molecule has 0 saturated heterocycles. The second kappa shape index (κ2) is 4.45. The van der Waals surface area contributed by atoms with Gasteiger partial charge in [0.25, 0.3) is 0 Å². The highest BCUT2D eigenvalue weighted by molar-refractivity contribution is 6.15. The van der Waals surface area contributed by atoms with Gasteiger partial charge in [0.05, 0.1) is 0 Å². The van der Waals surface area contributed by atoms with Crippen LogP contribution in [0, 0.1) is 0 Å². The molecule has 0 N–H and O–H groups in total. The zero-order valence-corrected chi connectivity index (χ0v) is 11.1. The third-order valence-corrected chi connectivity index (χ3v) is 3.38. The van der Waals surface area contributed by atoms with E-state index in [1.54, 1.807) is 0 Å². The van der Waals surface area contributed by atoms with Gasteiger partial charge >= 0.3 is 0 Å². The molecule has 0 heterocycles. The van der Waals surface area contributed by atoms with Crippen LogP contribution in [-0.2, 0) is 5.04 Å². The number of rotatable bonds is 3. The molecule has 1 aromatic rings. The maximum atomic E-state index is 3.73. The fourth-order valence-corrected chi connectivity index (χ4v) is 1.74. The van der Waals surface area contributed by atoms with Gasteiger partial charge in [-0.1, -0.05) is 51.1 Å². The van der Waals surface area contributed by atoms with Crippen LogP contribution in [0.25, 0.3) is 0 Å². The molecule has 2 heteroatoms. The lowest BCUT2D eigenvalue weighted by molar-refractivity contribution is 0.756. The average molecular weight is 216 g/mol. The molecule has 14 heavy (non-hydrogen) atoms. The van der Waals surface area contributed by atoms with Crippen LogP contribution in [0.4, 0.5) is 0 Å². The number of hydrogen-bond donors (Lipinski definition) is 0. The molecule has 0 saturated carbocycles. The van der Waals surface area contributed by atoms with Gasteiger partial charge in [-0.3, -0.25) is 0 Å². The third-order valence-electron chi connectivity index (χ3n) is 2.48. The van der Waals surface area contributed by atoms with E-state index in [1.807, 2.05) is 0 Å². The second-order valence-electron chi connectivity index (χ2n) is 4.36. The van der Waals surface area contributed by atoms with E-state index in [4.69, 9.17) is 0 Å². The minimum Gasteiger partial charge on any atom is -0.0617 e. The van der Waals surface area contributed by atoms with Crippen molar-refractivity contribution in [3.63, 3.8) is 0 Å². The normalized spacial score (nSPS) is 14.1. The molecule has 1 unspecified atom stereocenters. The maximum Gasteiger partial charge on any atom is 0.0370 e. The first kappa shape index (κ1) is 11.7. The quantitative estimate of drug-likeness (QED) is 0.682. The van der Waals surface area contributed by atoms with Gasteiger partial charge in [0, 0.05) is 20.5 Å². The van der Waals surface area contributed by atoms with Crippen LogP contribution in [0.5, 0.6) is 0 Å². The summed E-state index contributed by atoms with van der Waals surface area (Å²) in [6, 6.07) is 9.76. The highest BCUT2D eigenvalue weighted by Crippen LogP contribution is 2.24. The van der Waals surface area contributed by atoms with E-state index in [1.165, 1.54) is 11.1 Å². The summed E-state index contributed by atoms with van der Waals surface area (Å²) in [5.74, 6) is 0.570. The zero-order chi connectivity index (χ0) is 10.8. The van der Waals surface area contributed by atoms with Crippen molar-refractivity contribution in [2.75, 3.05) is 0 Å². The Morgan fingerprint density at radius 1 is 1.36 bits per heavy atom. The van der Waals surface area contributed by atoms with Gasteiger partial charge in [-0.25, -0.2) is 0 Å². The Bertz CT molecular complexity index is 299. The largest absolute Gasteiger partial charge is 0.0617 e. The van der Waals surface area contributed by atoms with Gasteiger partial charge in [-0.2, -0.15) is 0 Å². The van der Waals surface area contributed by atoms with E-state index in [9.17, 15) is 0 Å². The second-order valence-corrected chi connectivity index (χ2v) is 6.01. The molecule has 0 fully saturated rings. The molecule has 0 aliphatic rings. The lowest BCUT2D eigenvalue weighted by Gasteiger charge is -2.20. The summed E-state index contributed by atoms with van der Waals surface area (Å²) in [5, 5.41) is 0.0570.